The summed E-state index contributed by atoms with van der Waals surface area (Å²) < 4.78 is 50.6. The molecule has 12 heteroatoms. The molecule has 9 nitrogen and oxygen atoms in total. The summed E-state index contributed by atoms with van der Waals surface area (Å²) in [6.45, 7) is 16.3. The number of piperidine rings is 1. The molecule has 0 unspecified atom stereocenters. The number of aromatic nitrogens is 3. The molecule has 39 heavy (non-hydrogen) atoms. The molecular formula is C27H47FN6O3SSi. The first-order chi connectivity index (χ1) is 18.1. The quantitative estimate of drug-likeness (QED) is 0.263. The van der Waals surface area contributed by atoms with Crippen LogP contribution in [0.1, 0.15) is 63.5 Å². The molecule has 2 aromatic rings. The second-order valence-corrected chi connectivity index (χ2v) is 20.0. The summed E-state index contributed by atoms with van der Waals surface area (Å²) in [5.41, 5.74) is 2.32. The Labute approximate surface area is 235 Å². The first kappa shape index (κ1) is 31.7. The predicted octanol–water partition coefficient (Wildman–Crippen LogP) is 5.43. The maximum Gasteiger partial charge on any atom is 0.284 e. The molecule has 1 fully saturated rings. The van der Waals surface area contributed by atoms with Crippen molar-refractivity contribution < 1.29 is 17.5 Å². The average Bonchev–Trinajstić information content (AvgIpc) is 3.25. The highest BCUT2D eigenvalue weighted by Crippen LogP contribution is 2.35. The van der Waals surface area contributed by atoms with E-state index < -0.39 is 18.1 Å². The number of nitrogens with one attached hydrogen (secondary N) is 1. The lowest BCUT2D eigenvalue weighted by Crippen LogP contribution is -2.44. The van der Waals surface area contributed by atoms with E-state index in [1.54, 1.807) is 0 Å². The van der Waals surface area contributed by atoms with Crippen molar-refractivity contribution in [1.29, 1.82) is 0 Å². The van der Waals surface area contributed by atoms with Gasteiger partial charge >= 0.3 is 0 Å². The van der Waals surface area contributed by atoms with E-state index in [-0.39, 0.29) is 35.5 Å². The number of ether oxygens (including phenoxy) is 1. The fourth-order valence-electron chi connectivity index (χ4n) is 4.67. The van der Waals surface area contributed by atoms with Gasteiger partial charge in [0.1, 0.15) is 12.5 Å². The number of sulfonamides is 1. The van der Waals surface area contributed by atoms with Crippen LogP contribution < -0.4 is 5.32 Å². The molecular weight excluding hydrogens is 535 g/mol. The van der Waals surface area contributed by atoms with Crippen LogP contribution in [0, 0.1) is 5.82 Å². The van der Waals surface area contributed by atoms with Crippen molar-refractivity contribution in [3.8, 4) is 0 Å². The summed E-state index contributed by atoms with van der Waals surface area (Å²) in [5, 5.41) is 7.51. The molecule has 1 saturated heterocycles. The van der Waals surface area contributed by atoms with Crippen LogP contribution in [0.15, 0.2) is 17.3 Å². The lowest BCUT2D eigenvalue weighted by atomic mass is 9.92. The molecule has 220 valence electrons. The smallest absolute Gasteiger partial charge is 0.284 e. The van der Waals surface area contributed by atoms with Gasteiger partial charge in [0.25, 0.3) is 15.2 Å². The van der Waals surface area contributed by atoms with Crippen LogP contribution in [0.4, 0.5) is 16.0 Å². The zero-order valence-electron chi connectivity index (χ0n) is 25.1. The summed E-state index contributed by atoms with van der Waals surface area (Å²) in [5.74, 6) is 0.0335. The molecule has 1 aliphatic rings. The van der Waals surface area contributed by atoms with Gasteiger partial charge in [0.05, 0.1) is 0 Å². The van der Waals surface area contributed by atoms with E-state index in [0.29, 0.717) is 25.7 Å². The third kappa shape index (κ3) is 8.09. The van der Waals surface area contributed by atoms with Gasteiger partial charge < -0.3 is 15.0 Å². The zero-order valence-corrected chi connectivity index (χ0v) is 26.9. The molecule has 0 spiro atoms. The van der Waals surface area contributed by atoms with Gasteiger partial charge in [-0.15, -0.1) is 5.10 Å². The monoisotopic (exact) mass is 582 g/mol. The topological polar surface area (TPSA) is 92.6 Å². The van der Waals surface area contributed by atoms with Crippen LogP contribution in [-0.4, -0.2) is 80.3 Å². The van der Waals surface area contributed by atoms with Gasteiger partial charge in [0.15, 0.2) is 0 Å². The van der Waals surface area contributed by atoms with E-state index in [1.165, 1.54) is 21.1 Å². The Morgan fingerprint density at radius 1 is 1.10 bits per heavy atom. The highest BCUT2D eigenvalue weighted by molar-refractivity contribution is 7.88. The summed E-state index contributed by atoms with van der Waals surface area (Å²) in [4.78, 5) is 6.63. The van der Waals surface area contributed by atoms with Crippen LogP contribution in [-0.2, 0) is 21.5 Å². The lowest BCUT2D eigenvalue weighted by Gasteiger charge is -2.33. The normalized spacial score (nSPS) is 16.1. The SMILES string of the molecule is CC(C)c1cc(F)cc(C(C)C)c1Nc1nc(S(=O)(=O)N2CCC(N(C)C)CC2)nn1COCC[Si](C)(C)C. The molecule has 0 amide bonds. The second kappa shape index (κ2) is 12.8. The van der Waals surface area contributed by atoms with E-state index in [9.17, 15) is 12.8 Å². The van der Waals surface area contributed by atoms with Crippen LogP contribution in [0.3, 0.4) is 0 Å². The summed E-state index contributed by atoms with van der Waals surface area (Å²) in [7, 11) is -1.16. The van der Waals surface area contributed by atoms with E-state index in [1.807, 2.05) is 41.8 Å². The predicted molar refractivity (Wildman–Crippen MR) is 157 cm³/mol. The van der Waals surface area contributed by atoms with Crippen LogP contribution in [0.5, 0.6) is 0 Å². The number of rotatable bonds is 12. The Morgan fingerprint density at radius 2 is 1.67 bits per heavy atom. The maximum atomic E-state index is 14.5. The van der Waals surface area contributed by atoms with Gasteiger partial charge in [-0.2, -0.15) is 9.29 Å². The molecule has 0 saturated carbocycles. The Bertz CT molecular complexity index is 1190. The van der Waals surface area contributed by atoms with E-state index in [0.717, 1.165) is 35.7 Å². The minimum Gasteiger partial charge on any atom is -0.359 e. The highest BCUT2D eigenvalue weighted by Gasteiger charge is 2.34. The number of hydrogen-bond acceptors (Lipinski definition) is 7. The fourth-order valence-corrected chi connectivity index (χ4v) is 6.76. The van der Waals surface area contributed by atoms with Crippen LogP contribution >= 0.6 is 0 Å². The van der Waals surface area contributed by atoms with Gasteiger partial charge in [-0.3, -0.25) is 0 Å². The van der Waals surface area contributed by atoms with Crippen molar-refractivity contribution >= 4 is 29.7 Å². The Kier molecular flexibility index (Phi) is 10.4. The van der Waals surface area contributed by atoms with Crippen molar-refractivity contribution in [2.75, 3.05) is 39.1 Å². The molecule has 0 atom stereocenters. The molecule has 0 bridgehead atoms. The average molecular weight is 583 g/mol. The largest absolute Gasteiger partial charge is 0.359 e. The Morgan fingerprint density at radius 3 is 2.15 bits per heavy atom. The van der Waals surface area contributed by atoms with Gasteiger partial charge in [-0.25, -0.2) is 17.5 Å². The first-order valence-corrected chi connectivity index (χ1v) is 19.0. The third-order valence-electron chi connectivity index (χ3n) is 7.23. The summed E-state index contributed by atoms with van der Waals surface area (Å²) in [6, 6.07) is 4.37. The Balaban J connectivity index is 1.98. The fraction of sp³-hybridized carbons (Fsp3) is 0.704. The van der Waals surface area contributed by atoms with Gasteiger partial charge in [-0.1, -0.05) is 47.3 Å². The van der Waals surface area contributed by atoms with Gasteiger partial charge in [0.2, 0.25) is 5.95 Å². The zero-order chi connectivity index (χ0) is 29.1. The molecule has 0 radical (unpaired) electrons. The summed E-state index contributed by atoms with van der Waals surface area (Å²) >= 11 is 0. The van der Waals surface area contributed by atoms with E-state index in [4.69, 9.17) is 4.74 Å². The molecule has 2 heterocycles. The number of nitrogens with zero attached hydrogens (tertiary/aromatic N) is 5. The van der Waals surface area contributed by atoms with Crippen molar-refractivity contribution in [2.24, 2.45) is 0 Å². The van der Waals surface area contributed by atoms with E-state index >= 15 is 0 Å². The highest BCUT2D eigenvalue weighted by atomic mass is 32.2. The Hall–Kier alpha value is -1.86. The van der Waals surface area contributed by atoms with Crippen molar-refractivity contribution in [3.05, 3.63) is 29.1 Å². The van der Waals surface area contributed by atoms with Gasteiger partial charge in [-0.05, 0) is 68.1 Å². The second-order valence-electron chi connectivity index (χ2n) is 12.6. The number of anilines is 2. The lowest BCUT2D eigenvalue weighted by molar-refractivity contribution is 0.0791. The first-order valence-electron chi connectivity index (χ1n) is 13.9. The molecule has 0 aliphatic carbocycles. The van der Waals surface area contributed by atoms with Crippen LogP contribution in [0.2, 0.25) is 25.7 Å². The molecule has 3 rings (SSSR count). The van der Waals surface area contributed by atoms with Crippen molar-refractivity contribution in [2.45, 2.75) is 96.0 Å². The standard InChI is InChI=1S/C27H47FN6O3SSi/c1-19(2)23-16-21(28)17-24(20(3)4)25(23)29-26-30-27(31-34(26)18-37-14-15-39(7,8)9)38(35,36)33-12-10-22(11-13-33)32(5)6/h16-17,19-20,22H,10-15,18H2,1-9H3,(H,29,30,31). The van der Waals surface area contributed by atoms with Crippen molar-refractivity contribution in [3.63, 3.8) is 0 Å². The number of hydrogen-bond donors (Lipinski definition) is 1. The number of benzene rings is 1. The molecule has 1 aromatic carbocycles. The third-order valence-corrected chi connectivity index (χ3v) is 10.6. The number of halogens is 1. The molecule has 1 aliphatic heterocycles. The summed E-state index contributed by atoms with van der Waals surface area (Å²) in [6.07, 6.45) is 1.51. The molecule has 1 N–H and O–H groups in total. The molecule has 1 aromatic heterocycles. The van der Waals surface area contributed by atoms with Crippen molar-refractivity contribution in [1.82, 2.24) is 24.0 Å². The minimum atomic E-state index is -3.90. The van der Waals surface area contributed by atoms with E-state index in [2.05, 4.69) is 39.9 Å². The maximum absolute atomic E-state index is 14.5. The van der Waals surface area contributed by atoms with Crippen LogP contribution in [0.25, 0.3) is 0 Å². The van der Waals surface area contributed by atoms with Gasteiger partial charge in [0, 0.05) is 39.5 Å². The minimum absolute atomic E-state index is 0.0336.